The Hall–Kier alpha value is -1.78. The van der Waals surface area contributed by atoms with Gasteiger partial charge in [-0.1, -0.05) is 0 Å². The molecule has 0 saturated heterocycles. The summed E-state index contributed by atoms with van der Waals surface area (Å²) in [5.41, 5.74) is 1.10. The quantitative estimate of drug-likeness (QED) is 0.740. The van der Waals surface area contributed by atoms with Gasteiger partial charge in [0.15, 0.2) is 9.90 Å². The average Bonchev–Trinajstić information content (AvgIpc) is 3.08. The van der Waals surface area contributed by atoms with E-state index in [4.69, 9.17) is 0 Å². The van der Waals surface area contributed by atoms with E-state index in [1.165, 1.54) is 19.7 Å². The third-order valence-corrected chi connectivity index (χ3v) is 5.99. The lowest BCUT2D eigenvalue weighted by Crippen LogP contribution is -2.28. The van der Waals surface area contributed by atoms with Crippen molar-refractivity contribution in [3.63, 3.8) is 0 Å². The second kappa shape index (κ2) is 5.92. The fraction of sp³-hybridized carbons (Fsp3) is 0.364. The predicted octanol–water partition coefficient (Wildman–Crippen LogP) is 0.484. The molecular formula is C11H14N4O4S2. The standard InChI is InChI=1S/C11H14N4O4S2/c1-14-5-4-12-8(14)6-15(2)21(17,18)11-9(10(16)19-3)13-7-20-11/h4-5,7H,6H2,1-3H3. The largest absolute Gasteiger partial charge is 0.464 e. The van der Waals surface area contributed by atoms with E-state index in [1.807, 2.05) is 0 Å². The lowest BCUT2D eigenvalue weighted by atomic mass is 10.5. The molecule has 8 nitrogen and oxygen atoms in total. The van der Waals surface area contributed by atoms with Gasteiger partial charge in [-0.15, -0.1) is 11.3 Å². The van der Waals surface area contributed by atoms with E-state index < -0.39 is 16.0 Å². The number of sulfonamides is 1. The molecule has 0 aliphatic carbocycles. The topological polar surface area (TPSA) is 94.4 Å². The Kier molecular flexibility index (Phi) is 4.40. The first-order chi connectivity index (χ1) is 9.87. The van der Waals surface area contributed by atoms with Crippen molar-refractivity contribution in [3.8, 4) is 0 Å². The second-order valence-electron chi connectivity index (χ2n) is 4.20. The van der Waals surface area contributed by atoms with Crippen molar-refractivity contribution in [2.24, 2.45) is 7.05 Å². The summed E-state index contributed by atoms with van der Waals surface area (Å²) in [6.07, 6.45) is 3.31. The summed E-state index contributed by atoms with van der Waals surface area (Å²) >= 11 is 0.877. The molecule has 0 radical (unpaired) electrons. The van der Waals surface area contributed by atoms with Gasteiger partial charge in [-0.05, 0) is 0 Å². The monoisotopic (exact) mass is 330 g/mol. The van der Waals surface area contributed by atoms with Crippen LogP contribution in [0.25, 0.3) is 0 Å². The maximum Gasteiger partial charge on any atom is 0.358 e. The molecule has 0 fully saturated rings. The number of thiazole rings is 1. The van der Waals surface area contributed by atoms with Crippen LogP contribution in [0.1, 0.15) is 16.3 Å². The smallest absolute Gasteiger partial charge is 0.358 e. The number of esters is 1. The van der Waals surface area contributed by atoms with Crippen LogP contribution in [0.5, 0.6) is 0 Å². The van der Waals surface area contributed by atoms with Crippen molar-refractivity contribution < 1.29 is 17.9 Å². The fourth-order valence-corrected chi connectivity index (χ4v) is 4.07. The number of imidazole rings is 1. The van der Waals surface area contributed by atoms with E-state index in [1.54, 1.807) is 24.0 Å². The highest BCUT2D eigenvalue weighted by molar-refractivity contribution is 7.91. The number of rotatable bonds is 5. The zero-order valence-electron chi connectivity index (χ0n) is 11.7. The molecule has 2 heterocycles. The molecule has 0 N–H and O–H groups in total. The summed E-state index contributed by atoms with van der Waals surface area (Å²) in [7, 11) is 0.532. The van der Waals surface area contributed by atoms with Crippen molar-refractivity contribution in [1.82, 2.24) is 18.8 Å². The molecule has 0 amide bonds. The highest BCUT2D eigenvalue weighted by Crippen LogP contribution is 2.24. The van der Waals surface area contributed by atoms with Gasteiger partial charge in [0, 0.05) is 26.5 Å². The van der Waals surface area contributed by atoms with Gasteiger partial charge in [0.25, 0.3) is 10.0 Å². The summed E-state index contributed by atoms with van der Waals surface area (Å²) in [6.45, 7) is 0.0876. The summed E-state index contributed by atoms with van der Waals surface area (Å²) in [5, 5.41) is 0. The van der Waals surface area contributed by atoms with E-state index in [0.717, 1.165) is 15.6 Å². The molecule has 0 atom stereocenters. The Labute approximate surface area is 126 Å². The molecule has 114 valence electrons. The van der Waals surface area contributed by atoms with E-state index in [9.17, 15) is 13.2 Å². The highest BCUT2D eigenvalue weighted by Gasteiger charge is 2.30. The van der Waals surface area contributed by atoms with Crippen LogP contribution in [0.3, 0.4) is 0 Å². The third kappa shape index (κ3) is 2.96. The van der Waals surface area contributed by atoms with Crippen molar-refractivity contribution in [1.29, 1.82) is 0 Å². The molecule has 0 unspecified atom stereocenters. The summed E-state index contributed by atoms with van der Waals surface area (Å²) in [4.78, 5) is 19.4. The number of carbonyl (C=O) groups excluding carboxylic acids is 1. The molecule has 2 aromatic heterocycles. The summed E-state index contributed by atoms with van der Waals surface area (Å²) in [5.74, 6) is -0.189. The van der Waals surface area contributed by atoms with Crippen LogP contribution in [0.4, 0.5) is 0 Å². The molecule has 0 aromatic carbocycles. The number of carbonyl (C=O) groups is 1. The Bertz CT molecular complexity index is 750. The Morgan fingerprint density at radius 2 is 2.19 bits per heavy atom. The minimum Gasteiger partial charge on any atom is -0.464 e. The van der Waals surface area contributed by atoms with Crippen LogP contribution in [0, 0.1) is 0 Å². The number of hydrogen-bond donors (Lipinski definition) is 0. The summed E-state index contributed by atoms with van der Waals surface area (Å²) < 4.78 is 32.3. The first-order valence-corrected chi connectivity index (χ1v) is 8.14. The number of ether oxygens (including phenoxy) is 1. The van der Waals surface area contributed by atoms with Gasteiger partial charge in [-0.2, -0.15) is 4.31 Å². The van der Waals surface area contributed by atoms with Crippen LogP contribution in [-0.4, -0.2) is 47.4 Å². The van der Waals surface area contributed by atoms with Gasteiger partial charge in [0.05, 0.1) is 19.2 Å². The first kappa shape index (κ1) is 15.6. The minimum atomic E-state index is -3.84. The molecule has 0 spiro atoms. The van der Waals surface area contributed by atoms with E-state index in [0.29, 0.717) is 5.82 Å². The van der Waals surface area contributed by atoms with Gasteiger partial charge in [0.1, 0.15) is 5.82 Å². The van der Waals surface area contributed by atoms with Crippen LogP contribution >= 0.6 is 11.3 Å². The maximum atomic E-state index is 12.5. The molecule has 0 saturated carbocycles. The Morgan fingerprint density at radius 3 is 2.76 bits per heavy atom. The van der Waals surface area contributed by atoms with Gasteiger partial charge in [0.2, 0.25) is 0 Å². The zero-order chi connectivity index (χ0) is 15.6. The molecule has 0 aliphatic heterocycles. The molecule has 2 rings (SSSR count). The molecule has 10 heteroatoms. The van der Waals surface area contributed by atoms with Crippen LogP contribution < -0.4 is 0 Å². The number of hydrogen-bond acceptors (Lipinski definition) is 7. The molecule has 0 aliphatic rings. The van der Waals surface area contributed by atoms with E-state index in [-0.39, 0.29) is 16.4 Å². The summed E-state index contributed by atoms with van der Waals surface area (Å²) in [6, 6.07) is 0. The van der Waals surface area contributed by atoms with Gasteiger partial charge < -0.3 is 9.30 Å². The highest BCUT2D eigenvalue weighted by atomic mass is 32.2. The van der Waals surface area contributed by atoms with E-state index >= 15 is 0 Å². The number of aryl methyl sites for hydroxylation is 1. The van der Waals surface area contributed by atoms with Crippen molar-refractivity contribution in [2.45, 2.75) is 10.8 Å². The molecule has 2 aromatic rings. The SMILES string of the molecule is COC(=O)c1ncsc1S(=O)(=O)N(C)Cc1nccn1C. The van der Waals surface area contributed by atoms with Crippen LogP contribution in [0.2, 0.25) is 0 Å². The average molecular weight is 330 g/mol. The predicted molar refractivity (Wildman–Crippen MR) is 75.3 cm³/mol. The number of nitrogens with zero attached hydrogens (tertiary/aromatic N) is 4. The lowest BCUT2D eigenvalue weighted by molar-refractivity contribution is 0.0590. The van der Waals surface area contributed by atoms with Crippen LogP contribution in [0.15, 0.2) is 22.1 Å². The molecular weight excluding hydrogens is 316 g/mol. The minimum absolute atomic E-state index is 0.0876. The second-order valence-corrected chi connectivity index (χ2v) is 7.29. The third-order valence-electron chi connectivity index (χ3n) is 2.84. The van der Waals surface area contributed by atoms with Crippen molar-refractivity contribution in [2.75, 3.05) is 14.2 Å². The first-order valence-electron chi connectivity index (χ1n) is 5.82. The van der Waals surface area contributed by atoms with Crippen molar-refractivity contribution >= 4 is 27.3 Å². The molecule has 0 bridgehead atoms. The van der Waals surface area contributed by atoms with Crippen molar-refractivity contribution in [3.05, 3.63) is 29.4 Å². The zero-order valence-corrected chi connectivity index (χ0v) is 13.3. The molecule has 21 heavy (non-hydrogen) atoms. The lowest BCUT2D eigenvalue weighted by Gasteiger charge is -2.16. The maximum absolute atomic E-state index is 12.5. The number of methoxy groups -OCH3 is 1. The normalized spacial score (nSPS) is 11.8. The van der Waals surface area contributed by atoms with Gasteiger partial charge in [-0.3, -0.25) is 0 Å². The van der Waals surface area contributed by atoms with E-state index in [2.05, 4.69) is 14.7 Å². The number of aromatic nitrogens is 3. The van der Waals surface area contributed by atoms with Gasteiger partial charge >= 0.3 is 5.97 Å². The fourth-order valence-electron chi connectivity index (χ4n) is 1.63. The van der Waals surface area contributed by atoms with Crippen LogP contribution in [-0.2, 0) is 28.4 Å². The Balaban J connectivity index is 2.32. The van der Waals surface area contributed by atoms with Gasteiger partial charge in [-0.25, -0.2) is 23.2 Å². The Morgan fingerprint density at radius 1 is 1.48 bits per heavy atom.